The van der Waals surface area contributed by atoms with Gasteiger partial charge in [0.05, 0.1) is 6.61 Å². The first-order valence-electron chi connectivity index (χ1n) is 6.86. The highest BCUT2D eigenvalue weighted by Gasteiger charge is 2.23. The van der Waals surface area contributed by atoms with Gasteiger partial charge in [0.2, 0.25) is 5.71 Å². The molecule has 1 heterocycles. The Kier molecular flexibility index (Phi) is 5.81. The van der Waals surface area contributed by atoms with Crippen molar-refractivity contribution in [2.75, 3.05) is 12.3 Å². The van der Waals surface area contributed by atoms with Crippen molar-refractivity contribution in [3.63, 3.8) is 0 Å². The number of nitrogens with zero attached hydrogens (tertiary/aromatic N) is 2. The van der Waals surface area contributed by atoms with Gasteiger partial charge in [-0.3, -0.25) is 0 Å². The minimum atomic E-state index is -0.561. The fourth-order valence-corrected chi connectivity index (χ4v) is 2.84. The largest absolute Gasteiger partial charge is 0.461 e. The molecule has 0 aromatic carbocycles. The van der Waals surface area contributed by atoms with Gasteiger partial charge in [0.25, 0.3) is 0 Å². The van der Waals surface area contributed by atoms with Gasteiger partial charge in [0, 0.05) is 10.8 Å². The van der Waals surface area contributed by atoms with Crippen molar-refractivity contribution in [1.82, 2.24) is 4.98 Å². The molecule has 1 aromatic rings. The first-order chi connectivity index (χ1) is 10.1. The van der Waals surface area contributed by atoms with E-state index in [2.05, 4.69) is 10.1 Å². The number of esters is 1. The van der Waals surface area contributed by atoms with Crippen LogP contribution in [0.2, 0.25) is 0 Å². The van der Waals surface area contributed by atoms with Crippen LogP contribution in [0.15, 0.2) is 10.5 Å². The normalized spacial score (nSPS) is 22.9. The molecule has 1 aromatic heterocycles. The van der Waals surface area contributed by atoms with E-state index in [0.717, 1.165) is 25.7 Å². The number of nitrogen functional groups attached to an aromatic ring is 1. The Labute approximate surface area is 132 Å². The Morgan fingerprint density at radius 1 is 1.52 bits per heavy atom. The van der Waals surface area contributed by atoms with Crippen LogP contribution in [-0.2, 0) is 14.4 Å². The number of rotatable bonds is 5. The standard InChI is InChI=1S/C13H18ClN3O3S/c1-2-19-12(18)11(10-7-21-13(15)16-10)17-20-9-5-3-8(14)4-6-9/h7-9H,2-6H2,1H3,(H2,15,16)/t8-,9-. The smallest absolute Gasteiger partial charge is 0.362 e. The van der Waals surface area contributed by atoms with Crippen LogP contribution in [-0.4, -0.2) is 34.8 Å². The Bertz CT molecular complexity index is 513. The summed E-state index contributed by atoms with van der Waals surface area (Å²) >= 11 is 7.28. The van der Waals surface area contributed by atoms with Crippen molar-refractivity contribution in [2.24, 2.45) is 5.16 Å². The number of thiazole rings is 1. The molecule has 0 atom stereocenters. The number of nitrogens with two attached hydrogens (primary N) is 1. The number of hydrogen-bond donors (Lipinski definition) is 1. The summed E-state index contributed by atoms with van der Waals surface area (Å²) in [5.41, 5.74) is 6.02. The van der Waals surface area contributed by atoms with Gasteiger partial charge in [-0.25, -0.2) is 9.78 Å². The monoisotopic (exact) mass is 331 g/mol. The van der Waals surface area contributed by atoms with E-state index in [1.165, 1.54) is 11.3 Å². The zero-order chi connectivity index (χ0) is 15.2. The minimum absolute atomic E-state index is 0.0274. The predicted molar refractivity (Wildman–Crippen MR) is 82.7 cm³/mol. The third-order valence-electron chi connectivity index (χ3n) is 3.13. The number of oxime groups is 1. The number of alkyl halides is 1. The van der Waals surface area contributed by atoms with Crippen LogP contribution in [0.25, 0.3) is 0 Å². The summed E-state index contributed by atoms with van der Waals surface area (Å²) in [4.78, 5) is 21.5. The van der Waals surface area contributed by atoms with Crippen LogP contribution in [0.4, 0.5) is 5.13 Å². The van der Waals surface area contributed by atoms with Gasteiger partial charge in [-0.1, -0.05) is 5.16 Å². The second kappa shape index (κ2) is 7.61. The fraction of sp³-hybridized carbons (Fsp3) is 0.615. The molecule has 1 aliphatic carbocycles. The highest BCUT2D eigenvalue weighted by molar-refractivity contribution is 7.13. The molecule has 0 unspecified atom stereocenters. The van der Waals surface area contributed by atoms with Crippen molar-refractivity contribution in [2.45, 2.75) is 44.1 Å². The summed E-state index contributed by atoms with van der Waals surface area (Å²) in [7, 11) is 0. The number of anilines is 1. The van der Waals surface area contributed by atoms with Gasteiger partial charge < -0.3 is 15.3 Å². The lowest BCUT2D eigenvalue weighted by atomic mass is 9.97. The van der Waals surface area contributed by atoms with Gasteiger partial charge >= 0.3 is 5.97 Å². The van der Waals surface area contributed by atoms with Crippen molar-refractivity contribution in [3.05, 3.63) is 11.1 Å². The minimum Gasteiger partial charge on any atom is -0.461 e. The first kappa shape index (κ1) is 16.0. The molecule has 2 rings (SSSR count). The maximum atomic E-state index is 11.9. The van der Waals surface area contributed by atoms with Crippen LogP contribution in [0.3, 0.4) is 0 Å². The quantitative estimate of drug-likeness (QED) is 0.388. The van der Waals surface area contributed by atoms with Crippen LogP contribution in [0, 0.1) is 0 Å². The van der Waals surface area contributed by atoms with E-state index in [-0.39, 0.29) is 23.8 Å². The molecule has 6 nitrogen and oxygen atoms in total. The SMILES string of the molecule is CCOC(=O)C(=NO[C@H]1CC[C@H](Cl)CC1)c1csc(N)n1. The molecule has 0 amide bonds. The van der Waals surface area contributed by atoms with Crippen molar-refractivity contribution in [3.8, 4) is 0 Å². The number of carbonyl (C=O) groups excluding carboxylic acids is 1. The van der Waals surface area contributed by atoms with E-state index in [1.54, 1.807) is 12.3 Å². The van der Waals surface area contributed by atoms with Crippen LogP contribution in [0.5, 0.6) is 0 Å². The van der Waals surface area contributed by atoms with Crippen molar-refractivity contribution >= 4 is 39.8 Å². The van der Waals surface area contributed by atoms with Gasteiger partial charge in [-0.2, -0.15) is 0 Å². The number of aromatic nitrogens is 1. The highest BCUT2D eigenvalue weighted by Crippen LogP contribution is 2.25. The lowest BCUT2D eigenvalue weighted by Gasteiger charge is -2.23. The van der Waals surface area contributed by atoms with Gasteiger partial charge in [0.15, 0.2) is 5.13 Å². The molecular formula is C13H18ClN3O3S. The Hall–Kier alpha value is -1.34. The Morgan fingerprint density at radius 2 is 2.24 bits per heavy atom. The molecule has 0 radical (unpaired) electrons. The molecule has 0 aliphatic heterocycles. The Morgan fingerprint density at radius 3 is 2.81 bits per heavy atom. The highest BCUT2D eigenvalue weighted by atomic mass is 35.5. The Balaban J connectivity index is 2.07. The van der Waals surface area contributed by atoms with Crippen LogP contribution < -0.4 is 5.73 Å². The summed E-state index contributed by atoms with van der Waals surface area (Å²) in [6.45, 7) is 1.99. The van der Waals surface area contributed by atoms with E-state index in [4.69, 9.17) is 26.9 Å². The van der Waals surface area contributed by atoms with Crippen LogP contribution >= 0.6 is 22.9 Å². The second-order valence-corrected chi connectivity index (χ2v) is 6.22. The molecule has 1 aliphatic rings. The molecule has 1 saturated carbocycles. The van der Waals surface area contributed by atoms with E-state index in [9.17, 15) is 4.79 Å². The average Bonchev–Trinajstić information content (AvgIpc) is 2.88. The van der Waals surface area contributed by atoms with Gasteiger partial charge in [0.1, 0.15) is 11.8 Å². The fourth-order valence-electron chi connectivity index (χ4n) is 2.04. The van der Waals surface area contributed by atoms with Gasteiger partial charge in [-0.05, 0) is 32.6 Å². The maximum Gasteiger partial charge on any atom is 0.362 e. The van der Waals surface area contributed by atoms with Crippen molar-refractivity contribution < 1.29 is 14.4 Å². The number of halogens is 1. The van der Waals surface area contributed by atoms with E-state index >= 15 is 0 Å². The van der Waals surface area contributed by atoms with Gasteiger partial charge in [-0.15, -0.1) is 22.9 Å². The lowest BCUT2D eigenvalue weighted by molar-refractivity contribution is -0.135. The lowest BCUT2D eigenvalue weighted by Crippen LogP contribution is -2.23. The molecule has 21 heavy (non-hydrogen) atoms. The number of hydrogen-bond acceptors (Lipinski definition) is 7. The first-order valence-corrected chi connectivity index (χ1v) is 8.18. The molecule has 0 saturated heterocycles. The number of ether oxygens (including phenoxy) is 1. The second-order valence-electron chi connectivity index (χ2n) is 4.71. The molecule has 8 heteroatoms. The summed E-state index contributed by atoms with van der Waals surface area (Å²) in [5.74, 6) is -0.561. The van der Waals surface area contributed by atoms with Crippen LogP contribution in [0.1, 0.15) is 38.3 Å². The summed E-state index contributed by atoms with van der Waals surface area (Å²) in [6.07, 6.45) is 3.40. The molecule has 2 N–H and O–H groups in total. The molecule has 1 fully saturated rings. The van der Waals surface area contributed by atoms with E-state index in [0.29, 0.717) is 10.8 Å². The predicted octanol–water partition coefficient (Wildman–Crippen LogP) is 2.56. The maximum absolute atomic E-state index is 11.9. The third kappa shape index (κ3) is 4.57. The molecule has 116 valence electrons. The summed E-state index contributed by atoms with van der Waals surface area (Å²) in [6, 6.07) is 0. The third-order valence-corrected chi connectivity index (χ3v) is 4.24. The zero-order valence-electron chi connectivity index (χ0n) is 11.8. The van der Waals surface area contributed by atoms with Crippen molar-refractivity contribution in [1.29, 1.82) is 0 Å². The summed E-state index contributed by atoms with van der Waals surface area (Å²) < 4.78 is 4.98. The topological polar surface area (TPSA) is 86.8 Å². The number of carbonyl (C=O) groups is 1. The zero-order valence-corrected chi connectivity index (χ0v) is 13.3. The molecule has 0 spiro atoms. The average molecular weight is 332 g/mol. The summed E-state index contributed by atoms with van der Waals surface area (Å²) in [5, 5.41) is 6.19. The molecule has 0 bridgehead atoms. The van der Waals surface area contributed by atoms with E-state index in [1.807, 2.05) is 0 Å². The molecular weight excluding hydrogens is 314 g/mol. The van der Waals surface area contributed by atoms with E-state index < -0.39 is 5.97 Å².